The van der Waals surface area contributed by atoms with E-state index in [-0.39, 0.29) is 18.4 Å². The number of amides is 1. The maximum absolute atomic E-state index is 12.0. The zero-order valence-corrected chi connectivity index (χ0v) is 12.1. The highest BCUT2D eigenvalue weighted by Crippen LogP contribution is 2.23. The molecule has 0 radical (unpaired) electrons. The van der Waals surface area contributed by atoms with Gasteiger partial charge in [-0.3, -0.25) is 4.79 Å². The van der Waals surface area contributed by atoms with Crippen LogP contribution in [0.2, 0.25) is 5.02 Å². The van der Waals surface area contributed by atoms with Crippen molar-refractivity contribution in [3.8, 4) is 5.75 Å². The van der Waals surface area contributed by atoms with Gasteiger partial charge in [0.05, 0.1) is 25.8 Å². The predicted octanol–water partition coefficient (Wildman–Crippen LogP) is 3.36. The molecule has 0 fully saturated rings. The summed E-state index contributed by atoms with van der Waals surface area (Å²) in [4.78, 5) is 12.0. The van der Waals surface area contributed by atoms with Crippen molar-refractivity contribution < 1.29 is 13.9 Å². The van der Waals surface area contributed by atoms with Gasteiger partial charge in [0, 0.05) is 10.6 Å². The highest BCUT2D eigenvalue weighted by molar-refractivity contribution is 6.30. The molecule has 2 rings (SSSR count). The molecule has 5 heteroatoms. The fourth-order valence-electron chi connectivity index (χ4n) is 1.96. The van der Waals surface area contributed by atoms with E-state index in [1.807, 2.05) is 13.0 Å². The Bertz CT molecular complexity index is 581. The third-order valence-electron chi connectivity index (χ3n) is 2.94. The average molecular weight is 294 g/mol. The van der Waals surface area contributed by atoms with Crippen molar-refractivity contribution in [2.24, 2.45) is 0 Å². The van der Waals surface area contributed by atoms with Crippen molar-refractivity contribution in [3.05, 3.63) is 52.9 Å². The zero-order valence-electron chi connectivity index (χ0n) is 11.4. The molecule has 0 saturated heterocycles. The molecule has 1 atom stereocenters. The molecule has 0 saturated carbocycles. The summed E-state index contributed by atoms with van der Waals surface area (Å²) in [5.74, 6) is 1.25. The number of methoxy groups -OCH3 is 1. The van der Waals surface area contributed by atoms with Crippen LogP contribution in [0.15, 0.2) is 41.0 Å². The Hall–Kier alpha value is -1.94. The largest absolute Gasteiger partial charge is 0.496 e. The molecule has 0 bridgehead atoms. The molecule has 1 amide bonds. The van der Waals surface area contributed by atoms with Crippen LogP contribution in [0, 0.1) is 0 Å². The third kappa shape index (κ3) is 3.54. The van der Waals surface area contributed by atoms with Crippen LogP contribution in [-0.4, -0.2) is 13.0 Å². The van der Waals surface area contributed by atoms with Crippen molar-refractivity contribution in [2.75, 3.05) is 7.11 Å². The standard InChI is InChI=1S/C15H16ClNO3/c1-10(13-4-3-7-20-13)17-15(18)9-11-8-12(16)5-6-14(11)19-2/h3-8,10H,9H2,1-2H3,(H,17,18)/t10-/m1/s1. The number of carbonyl (C=O) groups is 1. The van der Waals surface area contributed by atoms with E-state index >= 15 is 0 Å². The van der Waals surface area contributed by atoms with Crippen LogP contribution in [0.4, 0.5) is 0 Å². The van der Waals surface area contributed by atoms with Crippen LogP contribution in [0.25, 0.3) is 0 Å². The van der Waals surface area contributed by atoms with Crippen LogP contribution < -0.4 is 10.1 Å². The van der Waals surface area contributed by atoms with Gasteiger partial charge < -0.3 is 14.5 Å². The number of halogens is 1. The number of hydrogen-bond donors (Lipinski definition) is 1. The molecule has 0 aliphatic carbocycles. The number of hydrogen-bond acceptors (Lipinski definition) is 3. The Morgan fingerprint density at radius 2 is 2.25 bits per heavy atom. The number of benzene rings is 1. The first-order chi connectivity index (χ1) is 9.60. The summed E-state index contributed by atoms with van der Waals surface area (Å²) >= 11 is 5.94. The van der Waals surface area contributed by atoms with Gasteiger partial charge in [0.25, 0.3) is 0 Å². The fourth-order valence-corrected chi connectivity index (χ4v) is 2.15. The summed E-state index contributed by atoms with van der Waals surface area (Å²) < 4.78 is 10.5. The number of nitrogens with one attached hydrogen (secondary N) is 1. The Morgan fingerprint density at radius 3 is 2.90 bits per heavy atom. The van der Waals surface area contributed by atoms with Crippen LogP contribution in [0.5, 0.6) is 5.75 Å². The smallest absolute Gasteiger partial charge is 0.225 e. The summed E-state index contributed by atoms with van der Waals surface area (Å²) in [6, 6.07) is 8.65. The molecule has 0 spiro atoms. The average Bonchev–Trinajstić information content (AvgIpc) is 2.92. The Kier molecular flexibility index (Phi) is 4.69. The molecule has 2 aromatic rings. The zero-order chi connectivity index (χ0) is 14.5. The molecule has 1 N–H and O–H groups in total. The minimum absolute atomic E-state index is 0.116. The molecule has 0 aliphatic heterocycles. The maximum Gasteiger partial charge on any atom is 0.225 e. The van der Waals surface area contributed by atoms with Crippen molar-refractivity contribution in [3.63, 3.8) is 0 Å². The first kappa shape index (κ1) is 14.5. The molecular weight excluding hydrogens is 278 g/mol. The molecule has 1 aromatic heterocycles. The Morgan fingerprint density at radius 1 is 1.45 bits per heavy atom. The first-order valence-electron chi connectivity index (χ1n) is 6.25. The molecular formula is C15H16ClNO3. The van der Waals surface area contributed by atoms with Crippen LogP contribution in [-0.2, 0) is 11.2 Å². The number of ether oxygens (including phenoxy) is 1. The summed E-state index contributed by atoms with van der Waals surface area (Å²) in [6.07, 6.45) is 1.78. The first-order valence-corrected chi connectivity index (χ1v) is 6.63. The van der Waals surface area contributed by atoms with Gasteiger partial charge in [0.15, 0.2) is 0 Å². The van der Waals surface area contributed by atoms with Crippen molar-refractivity contribution in [1.29, 1.82) is 0 Å². The minimum atomic E-state index is -0.178. The molecule has 106 valence electrons. The van der Waals surface area contributed by atoms with Crippen molar-refractivity contribution >= 4 is 17.5 Å². The van der Waals surface area contributed by atoms with E-state index in [0.717, 1.165) is 11.3 Å². The van der Waals surface area contributed by atoms with Crippen molar-refractivity contribution in [2.45, 2.75) is 19.4 Å². The monoisotopic (exact) mass is 293 g/mol. The van der Waals surface area contributed by atoms with Crippen LogP contribution in [0.1, 0.15) is 24.3 Å². The van der Waals surface area contributed by atoms with E-state index in [0.29, 0.717) is 10.8 Å². The van der Waals surface area contributed by atoms with E-state index < -0.39 is 0 Å². The molecule has 4 nitrogen and oxygen atoms in total. The molecule has 1 aromatic carbocycles. The highest BCUT2D eigenvalue weighted by atomic mass is 35.5. The van der Waals surface area contributed by atoms with Gasteiger partial charge in [0.1, 0.15) is 11.5 Å². The number of furan rings is 1. The predicted molar refractivity (Wildman–Crippen MR) is 77.0 cm³/mol. The summed E-state index contributed by atoms with van der Waals surface area (Å²) in [5, 5.41) is 3.45. The second kappa shape index (κ2) is 6.48. The van der Waals surface area contributed by atoms with Gasteiger partial charge >= 0.3 is 0 Å². The van der Waals surface area contributed by atoms with E-state index in [1.165, 1.54) is 0 Å². The van der Waals surface area contributed by atoms with Gasteiger partial charge in [-0.15, -0.1) is 0 Å². The Balaban J connectivity index is 2.03. The number of rotatable bonds is 5. The van der Waals surface area contributed by atoms with E-state index in [2.05, 4.69) is 5.32 Å². The second-order valence-corrected chi connectivity index (χ2v) is 4.87. The molecule has 20 heavy (non-hydrogen) atoms. The van der Waals surface area contributed by atoms with Gasteiger partial charge in [-0.2, -0.15) is 0 Å². The van der Waals surface area contributed by atoms with Gasteiger partial charge in [-0.25, -0.2) is 0 Å². The normalized spacial score (nSPS) is 11.9. The lowest BCUT2D eigenvalue weighted by molar-refractivity contribution is -0.121. The number of carbonyl (C=O) groups excluding carboxylic acids is 1. The maximum atomic E-state index is 12.0. The Labute approximate surface area is 122 Å². The molecule has 0 unspecified atom stereocenters. The second-order valence-electron chi connectivity index (χ2n) is 4.44. The lowest BCUT2D eigenvalue weighted by Crippen LogP contribution is -2.28. The van der Waals surface area contributed by atoms with E-state index in [4.69, 9.17) is 20.8 Å². The van der Waals surface area contributed by atoms with Crippen LogP contribution >= 0.6 is 11.6 Å². The topological polar surface area (TPSA) is 51.5 Å². The SMILES string of the molecule is COc1ccc(Cl)cc1CC(=O)N[C@H](C)c1ccco1. The van der Waals surface area contributed by atoms with Gasteiger partial charge in [-0.05, 0) is 37.3 Å². The minimum Gasteiger partial charge on any atom is -0.496 e. The van der Waals surface area contributed by atoms with E-state index in [1.54, 1.807) is 37.6 Å². The van der Waals surface area contributed by atoms with Crippen molar-refractivity contribution in [1.82, 2.24) is 5.32 Å². The summed E-state index contributed by atoms with van der Waals surface area (Å²) in [6.45, 7) is 1.87. The van der Waals surface area contributed by atoms with E-state index in [9.17, 15) is 4.79 Å². The summed E-state index contributed by atoms with van der Waals surface area (Å²) in [5.41, 5.74) is 0.754. The lowest BCUT2D eigenvalue weighted by Gasteiger charge is -2.13. The quantitative estimate of drug-likeness (QED) is 0.919. The third-order valence-corrected chi connectivity index (χ3v) is 3.18. The summed E-state index contributed by atoms with van der Waals surface area (Å²) in [7, 11) is 1.57. The lowest BCUT2D eigenvalue weighted by atomic mass is 10.1. The van der Waals surface area contributed by atoms with Gasteiger partial charge in [-0.1, -0.05) is 11.6 Å². The highest BCUT2D eigenvalue weighted by Gasteiger charge is 2.14. The molecule has 1 heterocycles. The van der Waals surface area contributed by atoms with Crippen LogP contribution in [0.3, 0.4) is 0 Å². The van der Waals surface area contributed by atoms with Gasteiger partial charge in [0.2, 0.25) is 5.91 Å². The molecule has 0 aliphatic rings. The fraction of sp³-hybridized carbons (Fsp3) is 0.267.